The molecule has 0 radical (unpaired) electrons. The predicted molar refractivity (Wildman–Crippen MR) is 126 cm³/mol. The molecule has 192 valence electrons. The number of benzene rings is 1. The van der Waals surface area contributed by atoms with Crippen LogP contribution in [0.3, 0.4) is 0 Å². The first-order valence-corrected chi connectivity index (χ1v) is 11.7. The van der Waals surface area contributed by atoms with E-state index < -0.39 is 29.4 Å². The molecule has 11 nitrogen and oxygen atoms in total. The van der Waals surface area contributed by atoms with Gasteiger partial charge in [0.1, 0.15) is 11.6 Å². The highest BCUT2D eigenvalue weighted by Crippen LogP contribution is 2.25. The monoisotopic (exact) mass is 491 g/mol. The van der Waals surface area contributed by atoms with Crippen molar-refractivity contribution in [3.05, 3.63) is 34.3 Å². The maximum atomic E-state index is 12.5. The van der Waals surface area contributed by atoms with Gasteiger partial charge in [-0.05, 0) is 51.7 Å². The van der Waals surface area contributed by atoms with Crippen molar-refractivity contribution in [1.82, 2.24) is 15.2 Å². The normalized spacial score (nSPS) is 16.4. The fourth-order valence-electron chi connectivity index (χ4n) is 3.76. The standard InChI is InChI=1S/C24H33N3O8/c1-24(2,3)35-22(30)25-11-13-33-15-14-32-12-5-7-16-6-4-8-17-20(16)34-23(31)27(17)18-9-10-19(28)26-21(18)29/h4,6,8,18H,5,7,9-15H2,1-3H3,(H,25,30)(H,26,28,29). The topological polar surface area (TPSA) is 138 Å². The van der Waals surface area contributed by atoms with Crippen LogP contribution in [0.4, 0.5) is 4.79 Å². The third-order valence-corrected chi connectivity index (χ3v) is 5.26. The van der Waals surface area contributed by atoms with Gasteiger partial charge in [0.05, 0.1) is 25.3 Å². The summed E-state index contributed by atoms with van der Waals surface area (Å²) < 4.78 is 23.0. The van der Waals surface area contributed by atoms with E-state index in [1.54, 1.807) is 26.8 Å². The average molecular weight is 492 g/mol. The summed E-state index contributed by atoms with van der Waals surface area (Å²) in [4.78, 5) is 47.7. The van der Waals surface area contributed by atoms with Gasteiger partial charge in [0, 0.05) is 19.6 Å². The van der Waals surface area contributed by atoms with Crippen molar-refractivity contribution in [1.29, 1.82) is 0 Å². The molecule has 1 aliphatic rings. The molecule has 0 bridgehead atoms. The van der Waals surface area contributed by atoms with E-state index in [4.69, 9.17) is 18.6 Å². The fourth-order valence-corrected chi connectivity index (χ4v) is 3.76. The highest BCUT2D eigenvalue weighted by atomic mass is 16.6. The quantitative estimate of drug-likeness (QED) is 0.360. The number of piperidine rings is 1. The Morgan fingerprint density at radius 2 is 1.89 bits per heavy atom. The molecule has 1 atom stereocenters. The number of hydrogen-bond donors (Lipinski definition) is 2. The molecule has 2 aromatic rings. The predicted octanol–water partition coefficient (Wildman–Crippen LogP) is 2.06. The van der Waals surface area contributed by atoms with Crippen LogP contribution < -0.4 is 16.4 Å². The number of ether oxygens (including phenoxy) is 3. The van der Waals surface area contributed by atoms with Crippen LogP contribution in [0, 0.1) is 0 Å². The molecule has 35 heavy (non-hydrogen) atoms. The Hall–Kier alpha value is -3.18. The molecular weight excluding hydrogens is 458 g/mol. The molecule has 1 aromatic heterocycles. The van der Waals surface area contributed by atoms with E-state index in [9.17, 15) is 19.2 Å². The van der Waals surface area contributed by atoms with Crippen LogP contribution in [-0.4, -0.2) is 61.0 Å². The molecule has 0 spiro atoms. The number of para-hydroxylation sites is 1. The number of carbonyl (C=O) groups is 3. The maximum absolute atomic E-state index is 12.5. The van der Waals surface area contributed by atoms with Gasteiger partial charge in [0.2, 0.25) is 11.8 Å². The summed E-state index contributed by atoms with van der Waals surface area (Å²) in [5, 5.41) is 4.89. The van der Waals surface area contributed by atoms with Crippen molar-refractivity contribution in [3.8, 4) is 0 Å². The Labute approximate surface area is 203 Å². The Balaban J connectivity index is 1.38. The lowest BCUT2D eigenvalue weighted by atomic mass is 10.0. The van der Waals surface area contributed by atoms with Gasteiger partial charge < -0.3 is 23.9 Å². The molecule has 1 unspecified atom stereocenters. The van der Waals surface area contributed by atoms with Crippen molar-refractivity contribution >= 4 is 29.0 Å². The molecular formula is C24H33N3O8. The largest absolute Gasteiger partial charge is 0.444 e. The first-order valence-electron chi connectivity index (χ1n) is 11.7. The molecule has 11 heteroatoms. The first kappa shape index (κ1) is 26.4. The van der Waals surface area contributed by atoms with Crippen LogP contribution >= 0.6 is 0 Å². The van der Waals surface area contributed by atoms with E-state index in [0.717, 1.165) is 5.56 Å². The zero-order valence-corrected chi connectivity index (χ0v) is 20.4. The minimum Gasteiger partial charge on any atom is -0.444 e. The van der Waals surface area contributed by atoms with Gasteiger partial charge in [-0.15, -0.1) is 0 Å². The second-order valence-corrected chi connectivity index (χ2v) is 9.23. The molecule has 0 saturated carbocycles. The van der Waals surface area contributed by atoms with Crippen LogP contribution in [0.2, 0.25) is 0 Å². The number of hydrogen-bond acceptors (Lipinski definition) is 8. The van der Waals surface area contributed by atoms with Crippen molar-refractivity contribution in [2.45, 2.75) is 58.1 Å². The van der Waals surface area contributed by atoms with Crippen molar-refractivity contribution < 1.29 is 33.0 Å². The van der Waals surface area contributed by atoms with E-state index in [1.807, 2.05) is 12.1 Å². The minimum atomic E-state index is -0.764. The number of oxazole rings is 1. The summed E-state index contributed by atoms with van der Waals surface area (Å²) in [6, 6.07) is 4.66. The Morgan fingerprint density at radius 1 is 1.14 bits per heavy atom. The van der Waals surface area contributed by atoms with Crippen molar-refractivity contribution in [3.63, 3.8) is 0 Å². The molecule has 1 fully saturated rings. The molecule has 3 rings (SSSR count). The van der Waals surface area contributed by atoms with Gasteiger partial charge in [-0.3, -0.25) is 19.5 Å². The number of aromatic nitrogens is 1. The number of carbonyl (C=O) groups excluding carboxylic acids is 3. The van der Waals surface area contributed by atoms with Gasteiger partial charge >= 0.3 is 11.8 Å². The molecule has 1 saturated heterocycles. The minimum absolute atomic E-state index is 0.177. The first-order chi connectivity index (χ1) is 16.7. The summed E-state index contributed by atoms with van der Waals surface area (Å²) >= 11 is 0. The highest BCUT2D eigenvalue weighted by Gasteiger charge is 2.31. The SMILES string of the molecule is CC(C)(C)OC(=O)NCCOCCOCCCc1cccc2c1oc(=O)n2C1CCC(=O)NC1=O. The molecule has 1 aliphatic heterocycles. The smallest absolute Gasteiger partial charge is 0.420 e. The van der Waals surface area contributed by atoms with Crippen LogP contribution in [0.15, 0.2) is 27.4 Å². The molecule has 3 amide bonds. The number of rotatable bonds is 11. The van der Waals surface area contributed by atoms with Crippen LogP contribution in [-0.2, 0) is 30.2 Å². The maximum Gasteiger partial charge on any atom is 0.420 e. The van der Waals surface area contributed by atoms with Gasteiger partial charge in [-0.25, -0.2) is 9.59 Å². The fraction of sp³-hybridized carbons (Fsp3) is 0.583. The molecule has 1 aromatic carbocycles. The van der Waals surface area contributed by atoms with E-state index in [-0.39, 0.29) is 18.7 Å². The Kier molecular flexibility index (Phi) is 9.05. The highest BCUT2D eigenvalue weighted by molar-refractivity contribution is 6.00. The lowest BCUT2D eigenvalue weighted by molar-refractivity contribution is -0.135. The summed E-state index contributed by atoms with van der Waals surface area (Å²) in [6.07, 6.45) is 1.29. The second-order valence-electron chi connectivity index (χ2n) is 9.23. The number of imide groups is 1. The molecule has 2 N–H and O–H groups in total. The van der Waals surface area contributed by atoms with Crippen molar-refractivity contribution in [2.24, 2.45) is 0 Å². The second kappa shape index (κ2) is 12.0. The van der Waals surface area contributed by atoms with E-state index in [1.165, 1.54) is 4.57 Å². The van der Waals surface area contributed by atoms with Gasteiger partial charge in [0.25, 0.3) is 0 Å². The van der Waals surface area contributed by atoms with Crippen LogP contribution in [0.25, 0.3) is 11.1 Å². The lowest BCUT2D eigenvalue weighted by Gasteiger charge is -2.21. The van der Waals surface area contributed by atoms with Crippen LogP contribution in [0.1, 0.15) is 51.6 Å². The lowest BCUT2D eigenvalue weighted by Crippen LogP contribution is -2.43. The third kappa shape index (κ3) is 7.66. The Bertz CT molecular complexity index is 1100. The zero-order valence-electron chi connectivity index (χ0n) is 20.4. The van der Waals surface area contributed by atoms with Crippen LogP contribution in [0.5, 0.6) is 0 Å². The van der Waals surface area contributed by atoms with E-state index in [0.29, 0.717) is 56.9 Å². The number of aryl methyl sites for hydroxylation is 1. The summed E-state index contributed by atoms with van der Waals surface area (Å²) in [6.45, 7) is 7.41. The van der Waals surface area contributed by atoms with Crippen molar-refractivity contribution in [2.75, 3.05) is 33.0 Å². The number of amides is 3. The van der Waals surface area contributed by atoms with E-state index in [2.05, 4.69) is 10.6 Å². The number of alkyl carbamates (subject to hydrolysis) is 1. The number of nitrogens with one attached hydrogen (secondary N) is 2. The van der Waals surface area contributed by atoms with Gasteiger partial charge in [-0.2, -0.15) is 0 Å². The number of nitrogens with zero attached hydrogens (tertiary/aromatic N) is 1. The average Bonchev–Trinajstić information content (AvgIpc) is 3.10. The number of fused-ring (bicyclic) bond motifs is 1. The van der Waals surface area contributed by atoms with E-state index >= 15 is 0 Å². The van der Waals surface area contributed by atoms with Gasteiger partial charge in [0.15, 0.2) is 5.58 Å². The van der Waals surface area contributed by atoms with Gasteiger partial charge in [-0.1, -0.05) is 12.1 Å². The third-order valence-electron chi connectivity index (χ3n) is 5.26. The summed E-state index contributed by atoms with van der Waals surface area (Å²) in [5.41, 5.74) is 1.30. The summed E-state index contributed by atoms with van der Waals surface area (Å²) in [5.74, 6) is -1.44. The molecule has 0 aliphatic carbocycles. The summed E-state index contributed by atoms with van der Waals surface area (Å²) in [7, 11) is 0. The Morgan fingerprint density at radius 3 is 2.60 bits per heavy atom. The molecule has 2 heterocycles. The zero-order chi connectivity index (χ0) is 25.4.